The van der Waals surface area contributed by atoms with Gasteiger partial charge in [-0.3, -0.25) is 9.69 Å². The van der Waals surface area contributed by atoms with Crippen molar-refractivity contribution in [3.8, 4) is 0 Å². The lowest BCUT2D eigenvalue weighted by Crippen LogP contribution is -2.39. The molecule has 0 aliphatic carbocycles. The van der Waals surface area contributed by atoms with Crippen LogP contribution in [0.2, 0.25) is 0 Å². The highest BCUT2D eigenvalue weighted by atomic mass is 16.5. The molecule has 1 atom stereocenters. The molecule has 0 radical (unpaired) electrons. The minimum Gasteiger partial charge on any atom is -0.480 e. The molecule has 1 aromatic rings. The van der Waals surface area contributed by atoms with Crippen molar-refractivity contribution in [3.63, 3.8) is 0 Å². The second-order valence-corrected chi connectivity index (χ2v) is 5.23. The predicted octanol–water partition coefficient (Wildman–Crippen LogP) is 0.385. The summed E-state index contributed by atoms with van der Waals surface area (Å²) in [4.78, 5) is 13.1. The third-order valence-corrected chi connectivity index (χ3v) is 3.59. The van der Waals surface area contributed by atoms with Crippen molar-refractivity contribution in [2.24, 2.45) is 5.73 Å². The number of hydrogen-bond acceptors (Lipinski definition) is 5. The Hall–Kier alpha value is -1.63. The Morgan fingerprint density at radius 3 is 2.62 bits per heavy atom. The average molecular weight is 293 g/mol. The standard InChI is InChI=1S/C15H23N3O3/c16-14(15(19)20)11-12-1-3-13(4-2-12)17-5-6-18-7-9-21-10-8-18/h1-4,14,17H,5-11,16H2,(H,19,20)/t14-/m1/s1. The SMILES string of the molecule is N[C@H](Cc1ccc(NCCN2CCOCC2)cc1)C(=O)O. The fraction of sp³-hybridized carbons (Fsp3) is 0.533. The Bertz CT molecular complexity index is 444. The molecule has 0 spiro atoms. The molecule has 6 heteroatoms. The molecule has 0 bridgehead atoms. The first-order chi connectivity index (χ1) is 10.1. The topological polar surface area (TPSA) is 87.8 Å². The van der Waals surface area contributed by atoms with Gasteiger partial charge in [-0.25, -0.2) is 0 Å². The lowest BCUT2D eigenvalue weighted by atomic mass is 10.1. The molecule has 1 aliphatic heterocycles. The van der Waals surface area contributed by atoms with E-state index in [9.17, 15) is 4.79 Å². The summed E-state index contributed by atoms with van der Waals surface area (Å²) in [6, 6.07) is 6.91. The molecule has 1 fully saturated rings. The first kappa shape index (κ1) is 15.8. The normalized spacial score (nSPS) is 17.4. The van der Waals surface area contributed by atoms with E-state index in [0.29, 0.717) is 6.42 Å². The summed E-state index contributed by atoms with van der Waals surface area (Å²) in [6.07, 6.45) is 0.351. The van der Waals surface area contributed by atoms with Crippen LogP contribution in [-0.4, -0.2) is 61.4 Å². The van der Waals surface area contributed by atoms with Gasteiger partial charge < -0.3 is 20.9 Å². The van der Waals surface area contributed by atoms with Crippen molar-refractivity contribution in [3.05, 3.63) is 29.8 Å². The molecular weight excluding hydrogens is 270 g/mol. The van der Waals surface area contributed by atoms with Gasteiger partial charge >= 0.3 is 5.97 Å². The van der Waals surface area contributed by atoms with E-state index in [1.165, 1.54) is 0 Å². The molecule has 0 aromatic heterocycles. The van der Waals surface area contributed by atoms with Crippen molar-refractivity contribution in [2.75, 3.05) is 44.7 Å². The summed E-state index contributed by atoms with van der Waals surface area (Å²) in [5.74, 6) is -0.970. The van der Waals surface area contributed by atoms with Crippen molar-refractivity contribution >= 4 is 11.7 Å². The van der Waals surface area contributed by atoms with E-state index in [0.717, 1.165) is 50.6 Å². The molecule has 6 nitrogen and oxygen atoms in total. The van der Waals surface area contributed by atoms with Crippen LogP contribution in [0.5, 0.6) is 0 Å². The number of morpholine rings is 1. The van der Waals surface area contributed by atoms with Gasteiger partial charge in [0, 0.05) is 31.9 Å². The monoisotopic (exact) mass is 293 g/mol. The van der Waals surface area contributed by atoms with Crippen LogP contribution in [0.3, 0.4) is 0 Å². The Morgan fingerprint density at radius 1 is 1.33 bits per heavy atom. The molecule has 21 heavy (non-hydrogen) atoms. The number of benzene rings is 1. The number of carboxylic acids is 1. The summed E-state index contributed by atoms with van der Waals surface area (Å²) in [7, 11) is 0. The third-order valence-electron chi connectivity index (χ3n) is 3.59. The molecular formula is C15H23N3O3. The first-order valence-electron chi connectivity index (χ1n) is 7.26. The zero-order valence-corrected chi connectivity index (χ0v) is 12.1. The lowest BCUT2D eigenvalue weighted by molar-refractivity contribution is -0.138. The van der Waals surface area contributed by atoms with Crippen molar-refractivity contribution < 1.29 is 14.6 Å². The number of anilines is 1. The zero-order chi connectivity index (χ0) is 15.1. The van der Waals surface area contributed by atoms with Gasteiger partial charge in [-0.1, -0.05) is 12.1 Å². The van der Waals surface area contributed by atoms with Gasteiger partial charge in [0.25, 0.3) is 0 Å². The number of hydrogen-bond donors (Lipinski definition) is 3. The van der Waals surface area contributed by atoms with Gasteiger partial charge in [0.15, 0.2) is 0 Å². The zero-order valence-electron chi connectivity index (χ0n) is 12.1. The number of rotatable bonds is 7. The number of carboxylic acid groups (broad SMARTS) is 1. The molecule has 2 rings (SSSR count). The average Bonchev–Trinajstić information content (AvgIpc) is 2.50. The van der Waals surface area contributed by atoms with Gasteiger partial charge in [0.05, 0.1) is 13.2 Å². The molecule has 4 N–H and O–H groups in total. The van der Waals surface area contributed by atoms with Crippen molar-refractivity contribution in [2.45, 2.75) is 12.5 Å². The molecule has 0 amide bonds. The minimum absolute atomic E-state index is 0.351. The Morgan fingerprint density at radius 2 is 2.00 bits per heavy atom. The molecule has 1 aromatic carbocycles. The number of aliphatic carboxylic acids is 1. The predicted molar refractivity (Wildman–Crippen MR) is 81.5 cm³/mol. The summed E-state index contributed by atoms with van der Waals surface area (Å²) >= 11 is 0. The number of nitrogens with one attached hydrogen (secondary N) is 1. The third kappa shape index (κ3) is 5.34. The molecule has 116 valence electrons. The van der Waals surface area contributed by atoms with E-state index in [1.54, 1.807) is 0 Å². The van der Waals surface area contributed by atoms with Gasteiger partial charge in [-0.2, -0.15) is 0 Å². The van der Waals surface area contributed by atoms with E-state index in [-0.39, 0.29) is 0 Å². The lowest BCUT2D eigenvalue weighted by Gasteiger charge is -2.26. The van der Waals surface area contributed by atoms with Gasteiger partial charge in [-0.05, 0) is 24.1 Å². The van der Waals surface area contributed by atoms with Gasteiger partial charge in [-0.15, -0.1) is 0 Å². The van der Waals surface area contributed by atoms with Crippen LogP contribution in [0, 0.1) is 0 Å². The minimum atomic E-state index is -0.970. The van der Waals surface area contributed by atoms with E-state index in [2.05, 4.69) is 10.2 Å². The Kier molecular flexibility index (Phi) is 5.98. The van der Waals surface area contributed by atoms with E-state index >= 15 is 0 Å². The van der Waals surface area contributed by atoms with Crippen LogP contribution >= 0.6 is 0 Å². The summed E-state index contributed by atoms with van der Waals surface area (Å²) in [5.41, 5.74) is 7.49. The Labute approximate surface area is 124 Å². The van der Waals surface area contributed by atoms with Gasteiger partial charge in [0.2, 0.25) is 0 Å². The summed E-state index contributed by atoms with van der Waals surface area (Å²) < 4.78 is 5.31. The van der Waals surface area contributed by atoms with Crippen LogP contribution in [-0.2, 0) is 16.0 Å². The fourth-order valence-electron chi connectivity index (χ4n) is 2.28. The van der Waals surface area contributed by atoms with E-state index in [4.69, 9.17) is 15.6 Å². The highest BCUT2D eigenvalue weighted by molar-refractivity contribution is 5.73. The maximum Gasteiger partial charge on any atom is 0.320 e. The van der Waals surface area contributed by atoms with E-state index in [1.807, 2.05) is 24.3 Å². The quantitative estimate of drug-likeness (QED) is 0.674. The highest BCUT2D eigenvalue weighted by Crippen LogP contribution is 2.11. The number of carbonyl (C=O) groups is 1. The Balaban J connectivity index is 1.73. The van der Waals surface area contributed by atoms with Crippen LogP contribution in [0.15, 0.2) is 24.3 Å². The van der Waals surface area contributed by atoms with Gasteiger partial charge in [0.1, 0.15) is 6.04 Å². The maximum atomic E-state index is 10.7. The first-order valence-corrected chi connectivity index (χ1v) is 7.26. The second-order valence-electron chi connectivity index (χ2n) is 5.23. The molecule has 0 unspecified atom stereocenters. The maximum absolute atomic E-state index is 10.7. The molecule has 1 aliphatic rings. The summed E-state index contributed by atoms with van der Waals surface area (Å²) in [5, 5.41) is 12.2. The van der Waals surface area contributed by atoms with Crippen molar-refractivity contribution in [1.29, 1.82) is 0 Å². The smallest absolute Gasteiger partial charge is 0.320 e. The molecule has 0 saturated carbocycles. The second kappa shape index (κ2) is 7.97. The van der Waals surface area contributed by atoms with Crippen LogP contribution < -0.4 is 11.1 Å². The number of nitrogens with zero attached hydrogens (tertiary/aromatic N) is 1. The van der Waals surface area contributed by atoms with Crippen LogP contribution in [0.4, 0.5) is 5.69 Å². The van der Waals surface area contributed by atoms with Crippen LogP contribution in [0.1, 0.15) is 5.56 Å². The van der Waals surface area contributed by atoms with Crippen molar-refractivity contribution in [1.82, 2.24) is 4.90 Å². The van der Waals surface area contributed by atoms with Crippen LogP contribution in [0.25, 0.3) is 0 Å². The van der Waals surface area contributed by atoms with E-state index < -0.39 is 12.0 Å². The number of ether oxygens (including phenoxy) is 1. The fourth-order valence-corrected chi connectivity index (χ4v) is 2.28. The molecule has 1 saturated heterocycles. The molecule has 1 heterocycles. The highest BCUT2D eigenvalue weighted by Gasteiger charge is 2.12. The summed E-state index contributed by atoms with van der Waals surface area (Å²) in [6.45, 7) is 5.50. The largest absolute Gasteiger partial charge is 0.480 e. The number of nitrogens with two attached hydrogens (primary N) is 1.